The largest absolute Gasteiger partial charge is 0.478 e. The number of ether oxygens (including phenoxy) is 1. The van der Waals surface area contributed by atoms with Crippen LogP contribution in [0, 0.1) is 6.92 Å². The third-order valence-corrected chi connectivity index (χ3v) is 3.09. The van der Waals surface area contributed by atoms with Gasteiger partial charge in [-0.1, -0.05) is 39.0 Å². The predicted octanol–water partition coefficient (Wildman–Crippen LogP) is 4.16. The van der Waals surface area contributed by atoms with Crippen LogP contribution in [0.2, 0.25) is 0 Å². The van der Waals surface area contributed by atoms with E-state index in [9.17, 15) is 4.79 Å². The summed E-state index contributed by atoms with van der Waals surface area (Å²) < 4.78 is 10.8. The second kappa shape index (κ2) is 8.75. The summed E-state index contributed by atoms with van der Waals surface area (Å²) in [5, 5.41) is 8.89. The predicted molar refractivity (Wildman–Crippen MR) is 73.4 cm³/mol. The molecule has 0 spiro atoms. The number of carbonyl (C=O) groups is 1. The number of aromatic carboxylic acids is 1. The van der Waals surface area contributed by atoms with Crippen LogP contribution in [0.3, 0.4) is 0 Å². The molecule has 19 heavy (non-hydrogen) atoms. The van der Waals surface area contributed by atoms with E-state index in [-0.39, 0.29) is 5.56 Å². The Labute approximate surface area is 114 Å². The molecule has 0 unspecified atom stereocenters. The van der Waals surface area contributed by atoms with Gasteiger partial charge in [0.2, 0.25) is 0 Å². The molecule has 0 aliphatic rings. The van der Waals surface area contributed by atoms with Crippen LogP contribution in [0.25, 0.3) is 0 Å². The van der Waals surface area contributed by atoms with Crippen molar-refractivity contribution < 1.29 is 19.1 Å². The molecule has 0 aliphatic heterocycles. The lowest BCUT2D eigenvalue weighted by molar-refractivity contribution is 0.0695. The fraction of sp³-hybridized carbons (Fsp3) is 0.667. The highest BCUT2D eigenvalue weighted by molar-refractivity contribution is 5.88. The third kappa shape index (κ3) is 5.92. The van der Waals surface area contributed by atoms with Gasteiger partial charge in [0.15, 0.2) is 0 Å². The minimum Gasteiger partial charge on any atom is -0.478 e. The molecule has 0 atom stereocenters. The van der Waals surface area contributed by atoms with Crippen molar-refractivity contribution in [2.75, 3.05) is 6.61 Å². The maximum Gasteiger partial charge on any atom is 0.339 e. The van der Waals surface area contributed by atoms with Gasteiger partial charge in [0.05, 0.1) is 0 Å². The number of rotatable bonds is 10. The van der Waals surface area contributed by atoms with E-state index in [0.29, 0.717) is 24.7 Å². The van der Waals surface area contributed by atoms with E-state index in [1.54, 1.807) is 13.0 Å². The Bertz CT molecular complexity index is 381. The fourth-order valence-electron chi connectivity index (χ4n) is 1.98. The molecule has 0 fully saturated rings. The molecule has 0 bridgehead atoms. The van der Waals surface area contributed by atoms with Crippen LogP contribution in [0.15, 0.2) is 10.5 Å². The van der Waals surface area contributed by atoms with E-state index in [0.717, 1.165) is 6.42 Å². The van der Waals surface area contributed by atoms with Crippen molar-refractivity contribution in [3.63, 3.8) is 0 Å². The number of unbranched alkanes of at least 4 members (excludes halogenated alkanes) is 5. The number of carboxylic acid groups (broad SMARTS) is 1. The Kier molecular flexibility index (Phi) is 7.26. The fourth-order valence-corrected chi connectivity index (χ4v) is 1.98. The van der Waals surface area contributed by atoms with Crippen molar-refractivity contribution in [2.45, 2.75) is 59.0 Å². The Morgan fingerprint density at radius 3 is 2.58 bits per heavy atom. The zero-order valence-electron chi connectivity index (χ0n) is 11.9. The summed E-state index contributed by atoms with van der Waals surface area (Å²) in [5.41, 5.74) is 0.221. The Morgan fingerprint density at radius 2 is 1.95 bits per heavy atom. The van der Waals surface area contributed by atoms with Crippen LogP contribution in [0.1, 0.15) is 67.3 Å². The van der Waals surface area contributed by atoms with E-state index < -0.39 is 5.97 Å². The molecule has 1 heterocycles. The molecule has 0 radical (unpaired) electrons. The van der Waals surface area contributed by atoms with Crippen LogP contribution in [-0.4, -0.2) is 17.7 Å². The highest BCUT2D eigenvalue weighted by atomic mass is 16.5. The topological polar surface area (TPSA) is 59.7 Å². The molecular formula is C15H24O4. The van der Waals surface area contributed by atoms with E-state index in [1.165, 1.54) is 32.1 Å². The monoisotopic (exact) mass is 268 g/mol. The molecular weight excluding hydrogens is 244 g/mol. The number of carboxylic acids is 1. The van der Waals surface area contributed by atoms with Gasteiger partial charge in [0.25, 0.3) is 0 Å². The first-order valence-corrected chi connectivity index (χ1v) is 7.05. The summed E-state index contributed by atoms with van der Waals surface area (Å²) in [5.74, 6) is 0.0648. The lowest BCUT2D eigenvalue weighted by atomic mass is 10.1. The molecule has 0 aromatic carbocycles. The van der Waals surface area contributed by atoms with Crippen molar-refractivity contribution in [1.29, 1.82) is 0 Å². The minimum atomic E-state index is -0.955. The second-order valence-corrected chi connectivity index (χ2v) is 4.81. The van der Waals surface area contributed by atoms with Gasteiger partial charge in [-0.3, -0.25) is 0 Å². The molecule has 0 amide bonds. The van der Waals surface area contributed by atoms with E-state index in [1.807, 2.05) is 0 Å². The lowest BCUT2D eigenvalue weighted by Crippen LogP contribution is -1.96. The highest BCUT2D eigenvalue weighted by Crippen LogP contribution is 2.15. The summed E-state index contributed by atoms with van der Waals surface area (Å²) in [6.45, 7) is 4.91. The summed E-state index contributed by atoms with van der Waals surface area (Å²) in [4.78, 5) is 10.8. The van der Waals surface area contributed by atoms with Crippen LogP contribution >= 0.6 is 0 Å². The van der Waals surface area contributed by atoms with Gasteiger partial charge in [-0.15, -0.1) is 0 Å². The standard InChI is InChI=1S/C15H24O4/c1-3-4-5-6-7-8-9-18-11-13-10-14(15(16)17)12(2)19-13/h10H,3-9,11H2,1-2H3,(H,16,17). The van der Waals surface area contributed by atoms with Crippen LogP contribution in [0.5, 0.6) is 0 Å². The second-order valence-electron chi connectivity index (χ2n) is 4.81. The molecule has 0 aliphatic carbocycles. The highest BCUT2D eigenvalue weighted by Gasteiger charge is 2.13. The first-order chi connectivity index (χ1) is 9.15. The molecule has 4 heteroatoms. The van der Waals surface area contributed by atoms with Gasteiger partial charge in [-0.2, -0.15) is 0 Å². The SMILES string of the molecule is CCCCCCCCOCc1cc(C(=O)O)c(C)o1. The summed E-state index contributed by atoms with van der Waals surface area (Å²) in [7, 11) is 0. The number of furan rings is 1. The molecule has 1 aromatic heterocycles. The maximum absolute atomic E-state index is 10.8. The summed E-state index contributed by atoms with van der Waals surface area (Å²) >= 11 is 0. The van der Waals surface area contributed by atoms with E-state index in [4.69, 9.17) is 14.3 Å². The van der Waals surface area contributed by atoms with Gasteiger partial charge in [0.1, 0.15) is 23.7 Å². The molecule has 0 saturated heterocycles. The molecule has 1 rings (SSSR count). The maximum atomic E-state index is 10.8. The summed E-state index contributed by atoms with van der Waals surface area (Å²) in [6.07, 6.45) is 7.38. The molecule has 108 valence electrons. The molecule has 1 aromatic rings. The van der Waals surface area contributed by atoms with Crippen molar-refractivity contribution in [3.05, 3.63) is 23.2 Å². The zero-order chi connectivity index (χ0) is 14.1. The van der Waals surface area contributed by atoms with E-state index >= 15 is 0 Å². The number of hydrogen-bond acceptors (Lipinski definition) is 3. The van der Waals surface area contributed by atoms with Crippen LogP contribution < -0.4 is 0 Å². The number of aryl methyl sites for hydroxylation is 1. The average molecular weight is 268 g/mol. The van der Waals surface area contributed by atoms with Crippen molar-refractivity contribution in [3.8, 4) is 0 Å². The lowest BCUT2D eigenvalue weighted by Gasteiger charge is -2.02. The van der Waals surface area contributed by atoms with Gasteiger partial charge in [-0.05, 0) is 19.4 Å². The van der Waals surface area contributed by atoms with Crippen molar-refractivity contribution in [2.24, 2.45) is 0 Å². The van der Waals surface area contributed by atoms with Gasteiger partial charge in [0, 0.05) is 6.61 Å². The quantitative estimate of drug-likeness (QED) is 0.647. The van der Waals surface area contributed by atoms with Gasteiger partial charge in [-0.25, -0.2) is 4.79 Å². The summed E-state index contributed by atoms with van der Waals surface area (Å²) in [6, 6.07) is 1.54. The Morgan fingerprint density at radius 1 is 1.26 bits per heavy atom. The van der Waals surface area contributed by atoms with Crippen LogP contribution in [0.4, 0.5) is 0 Å². The van der Waals surface area contributed by atoms with Gasteiger partial charge < -0.3 is 14.3 Å². The Balaban J connectivity index is 2.12. The van der Waals surface area contributed by atoms with E-state index in [2.05, 4.69) is 6.92 Å². The van der Waals surface area contributed by atoms with Crippen LogP contribution in [-0.2, 0) is 11.3 Å². The van der Waals surface area contributed by atoms with Crippen molar-refractivity contribution >= 4 is 5.97 Å². The zero-order valence-corrected chi connectivity index (χ0v) is 11.9. The smallest absolute Gasteiger partial charge is 0.339 e. The van der Waals surface area contributed by atoms with Gasteiger partial charge >= 0.3 is 5.97 Å². The average Bonchev–Trinajstić information content (AvgIpc) is 2.74. The first kappa shape index (κ1) is 15.8. The van der Waals surface area contributed by atoms with Crippen molar-refractivity contribution in [1.82, 2.24) is 0 Å². The molecule has 4 nitrogen and oxygen atoms in total. The number of hydrogen-bond donors (Lipinski definition) is 1. The molecule has 1 N–H and O–H groups in total. The Hall–Kier alpha value is -1.29. The normalized spacial score (nSPS) is 10.8. The minimum absolute atomic E-state index is 0.221. The molecule has 0 saturated carbocycles. The first-order valence-electron chi connectivity index (χ1n) is 7.05. The third-order valence-electron chi connectivity index (χ3n) is 3.09.